The van der Waals surface area contributed by atoms with Crippen LogP contribution in [0.15, 0.2) is 10.9 Å². The number of hydrogen-bond donors (Lipinski definition) is 2. The van der Waals surface area contributed by atoms with Crippen molar-refractivity contribution in [2.75, 3.05) is 5.73 Å². The van der Waals surface area contributed by atoms with Gasteiger partial charge in [0.1, 0.15) is 27.6 Å². The molecule has 3 atom stereocenters. The van der Waals surface area contributed by atoms with E-state index in [1.807, 2.05) is 0 Å². The average Bonchev–Trinajstić information content (AvgIpc) is 2.53. The zero-order chi connectivity index (χ0) is 18.6. The number of imide groups is 1. The smallest absolute Gasteiger partial charge is 0.264 e. The van der Waals surface area contributed by atoms with Crippen molar-refractivity contribution < 1.29 is 9.59 Å². The molecule has 1 aromatic heterocycles. The highest BCUT2D eigenvalue weighted by Crippen LogP contribution is 2.34. The van der Waals surface area contributed by atoms with Gasteiger partial charge in [0, 0.05) is 5.69 Å². The molecule has 11 heteroatoms. The summed E-state index contributed by atoms with van der Waals surface area (Å²) >= 11 is 0. The number of fused-ring (bicyclic) bond motifs is 1. The molecule has 1 aliphatic heterocycles. The van der Waals surface area contributed by atoms with Crippen molar-refractivity contribution in [3.05, 3.63) is 22.2 Å². The Morgan fingerprint density at radius 2 is 1.80 bits per heavy atom. The van der Waals surface area contributed by atoms with Crippen molar-refractivity contribution in [1.29, 1.82) is 0 Å². The number of benzene rings is 1. The monoisotopic (exact) mass is 326 g/mol. The largest absolute Gasteiger partial charge is 0.398 e. The van der Waals surface area contributed by atoms with Crippen LogP contribution >= 0.6 is 0 Å². The maximum Gasteiger partial charge on any atom is 0.264 e. The van der Waals surface area contributed by atoms with E-state index in [4.69, 9.17) is 37.1 Å². The molecular formula is C14H10B4N4O3. The molecule has 8 radical (unpaired) electrons. The third-order valence-corrected chi connectivity index (χ3v) is 4.33. The fraction of sp³-hybridized carbons (Fsp3) is 0.286. The molecule has 0 bridgehead atoms. The topological polar surface area (TPSA) is 107 Å². The van der Waals surface area contributed by atoms with Crippen molar-refractivity contribution in [2.45, 2.75) is 24.6 Å². The second kappa shape index (κ2) is 5.82. The summed E-state index contributed by atoms with van der Waals surface area (Å²) < 4.78 is 1.06. The highest BCUT2D eigenvalue weighted by molar-refractivity contribution is 6.45. The lowest BCUT2D eigenvalue weighted by Gasteiger charge is -2.35. The van der Waals surface area contributed by atoms with Gasteiger partial charge in [0.25, 0.3) is 5.56 Å². The SMILES string of the molecule is [B]c1cc([B])c2nc(C)n(C3C(=O)NC(=O)C([B])C3[B])c(=O)c2c1N. The molecule has 1 aromatic carbocycles. The predicted octanol–water partition coefficient (Wildman–Crippen LogP) is -3.01. The van der Waals surface area contributed by atoms with Crippen molar-refractivity contribution in [3.63, 3.8) is 0 Å². The Balaban J connectivity index is 2.34. The van der Waals surface area contributed by atoms with Gasteiger partial charge in [0.05, 0.1) is 26.6 Å². The summed E-state index contributed by atoms with van der Waals surface area (Å²) in [5.74, 6) is -3.56. The van der Waals surface area contributed by atoms with Gasteiger partial charge in [-0.25, -0.2) is 4.98 Å². The molecule has 0 aliphatic carbocycles. The van der Waals surface area contributed by atoms with Gasteiger partial charge < -0.3 is 5.73 Å². The Morgan fingerprint density at radius 1 is 1.16 bits per heavy atom. The van der Waals surface area contributed by atoms with E-state index in [0.717, 1.165) is 4.57 Å². The molecule has 3 rings (SSSR count). The predicted molar refractivity (Wildman–Crippen MR) is 97.1 cm³/mol. The Hall–Kier alpha value is -2.44. The Labute approximate surface area is 148 Å². The van der Waals surface area contributed by atoms with Crippen LogP contribution in [0.1, 0.15) is 11.9 Å². The zero-order valence-electron chi connectivity index (χ0n) is 13.3. The molecule has 2 heterocycles. The van der Waals surface area contributed by atoms with Gasteiger partial charge >= 0.3 is 0 Å². The van der Waals surface area contributed by atoms with Crippen molar-refractivity contribution >= 4 is 70.7 Å². The first kappa shape index (κ1) is 17.4. The minimum Gasteiger partial charge on any atom is -0.398 e. The third kappa shape index (κ3) is 2.49. The van der Waals surface area contributed by atoms with Crippen LogP contribution in [-0.2, 0) is 9.59 Å². The summed E-state index contributed by atoms with van der Waals surface area (Å²) in [4.78, 5) is 41.2. The lowest BCUT2D eigenvalue weighted by atomic mass is 9.61. The second-order valence-electron chi connectivity index (χ2n) is 5.93. The molecule has 25 heavy (non-hydrogen) atoms. The van der Waals surface area contributed by atoms with Crippen LogP contribution in [-0.4, -0.2) is 52.8 Å². The van der Waals surface area contributed by atoms with Crippen molar-refractivity contribution in [3.8, 4) is 0 Å². The number of anilines is 1. The minimum atomic E-state index is -1.22. The minimum absolute atomic E-state index is 0.000568. The number of amides is 2. The molecule has 3 unspecified atom stereocenters. The molecule has 0 spiro atoms. The van der Waals surface area contributed by atoms with E-state index in [1.165, 1.54) is 13.0 Å². The number of nitrogens with one attached hydrogen (secondary N) is 1. The summed E-state index contributed by atoms with van der Waals surface area (Å²) in [6.45, 7) is 1.51. The standard InChI is InChI=1S/C14H10B4N4O3/c1-3-20-10-5(16)2-4(15)9(19)6(10)14(25)22(3)11-7(17)8(18)12(23)21-13(11)24/h2,7-8,11H,19H2,1H3,(H,21,23,24). The normalized spacial score (nSPS) is 23.6. The molecule has 7 nitrogen and oxygen atoms in total. The molecular weight excluding hydrogens is 315 g/mol. The summed E-state index contributed by atoms with van der Waals surface area (Å²) in [6, 6.07) is 0.181. The maximum absolute atomic E-state index is 13.0. The van der Waals surface area contributed by atoms with Gasteiger partial charge in [-0.2, -0.15) is 0 Å². The molecule has 1 aliphatic rings. The number of aryl methyl sites for hydroxylation is 1. The van der Waals surface area contributed by atoms with Crippen LogP contribution in [0.3, 0.4) is 0 Å². The Bertz CT molecular complexity index is 990. The number of aromatic nitrogens is 2. The zero-order valence-corrected chi connectivity index (χ0v) is 13.3. The van der Waals surface area contributed by atoms with Gasteiger partial charge in [-0.05, 0) is 18.6 Å². The van der Waals surface area contributed by atoms with E-state index in [0.29, 0.717) is 0 Å². The fourth-order valence-electron chi connectivity index (χ4n) is 2.99. The fourth-order valence-corrected chi connectivity index (χ4v) is 2.99. The quantitative estimate of drug-likeness (QED) is 0.330. The van der Waals surface area contributed by atoms with Gasteiger partial charge in [0.2, 0.25) is 11.8 Å². The van der Waals surface area contributed by atoms with Crippen LogP contribution in [0.25, 0.3) is 10.9 Å². The number of rotatable bonds is 1. The molecule has 3 N–H and O–H groups in total. The van der Waals surface area contributed by atoms with E-state index in [2.05, 4.69) is 10.3 Å². The summed E-state index contributed by atoms with van der Waals surface area (Å²) in [7, 11) is 23.3. The number of piperidine rings is 1. The van der Waals surface area contributed by atoms with Crippen LogP contribution < -0.4 is 27.5 Å². The summed E-state index contributed by atoms with van der Waals surface area (Å²) in [5, 5.41) is 2.08. The first-order chi connectivity index (χ1) is 11.6. The highest BCUT2D eigenvalue weighted by Gasteiger charge is 2.40. The highest BCUT2D eigenvalue weighted by atomic mass is 16.2. The third-order valence-electron chi connectivity index (χ3n) is 4.33. The number of carbonyl (C=O) groups is 2. The lowest BCUT2D eigenvalue weighted by Crippen LogP contribution is -2.50. The number of nitrogens with two attached hydrogens (primary N) is 1. The summed E-state index contributed by atoms with van der Waals surface area (Å²) in [5.41, 5.74) is 5.74. The Morgan fingerprint density at radius 3 is 2.44 bits per heavy atom. The number of nitrogens with zero attached hydrogens (tertiary/aromatic N) is 2. The van der Waals surface area contributed by atoms with Crippen LogP contribution in [0, 0.1) is 6.92 Å². The molecule has 1 fully saturated rings. The molecule has 2 amide bonds. The molecule has 0 saturated carbocycles. The van der Waals surface area contributed by atoms with Gasteiger partial charge in [0.15, 0.2) is 0 Å². The van der Waals surface area contributed by atoms with Crippen molar-refractivity contribution in [1.82, 2.24) is 14.9 Å². The van der Waals surface area contributed by atoms with E-state index in [9.17, 15) is 14.4 Å². The second-order valence-corrected chi connectivity index (χ2v) is 5.93. The molecule has 2 aromatic rings. The lowest BCUT2D eigenvalue weighted by molar-refractivity contribution is -0.135. The average molecular weight is 326 g/mol. The van der Waals surface area contributed by atoms with Crippen LogP contribution in [0.4, 0.5) is 5.69 Å². The van der Waals surface area contributed by atoms with Crippen molar-refractivity contribution in [2.24, 2.45) is 0 Å². The number of nitrogen functional groups attached to an aromatic ring is 1. The van der Waals surface area contributed by atoms with E-state index >= 15 is 0 Å². The number of hydrogen-bond acceptors (Lipinski definition) is 5. The number of carbonyl (C=O) groups excluding carboxylic acids is 2. The first-order valence-electron chi connectivity index (χ1n) is 7.37. The molecule has 1 saturated heterocycles. The molecule has 116 valence electrons. The maximum atomic E-state index is 13.0. The first-order valence-corrected chi connectivity index (χ1v) is 7.37. The van der Waals surface area contributed by atoms with Crippen LogP contribution in [0.5, 0.6) is 0 Å². The summed E-state index contributed by atoms with van der Waals surface area (Å²) in [6.07, 6.45) is 0. The Kier molecular flexibility index (Phi) is 4.05. The van der Waals surface area contributed by atoms with Gasteiger partial charge in [-0.15, -0.1) is 0 Å². The van der Waals surface area contributed by atoms with Gasteiger partial charge in [-0.3, -0.25) is 24.3 Å². The van der Waals surface area contributed by atoms with E-state index in [1.54, 1.807) is 0 Å². The van der Waals surface area contributed by atoms with E-state index in [-0.39, 0.29) is 33.3 Å². The van der Waals surface area contributed by atoms with Gasteiger partial charge in [-0.1, -0.05) is 17.0 Å². The van der Waals surface area contributed by atoms with Crippen LogP contribution in [0.2, 0.25) is 11.6 Å². The van der Waals surface area contributed by atoms with E-state index < -0.39 is 35.0 Å².